The number of hydrogen-bond donors (Lipinski definition) is 1. The monoisotopic (exact) mass is 508 g/mol. The van der Waals surface area contributed by atoms with E-state index in [1.807, 2.05) is 0 Å². The maximum atomic E-state index is 7.10. The van der Waals surface area contributed by atoms with Crippen molar-refractivity contribution in [1.29, 1.82) is 0 Å². The standard InChI is InChI=1S/C35H73N/c1-4-7-10-13-16-19-22-25-28-31-34-35(36,32-29-26-23-20-17-14-11-8-5-2)33-30-27-24-21-18-15-12-9-6-3/h4-34,36H2,1-3H3. The molecule has 36 heavy (non-hydrogen) atoms. The van der Waals surface area contributed by atoms with Crippen LogP contribution < -0.4 is 5.73 Å². The Hall–Kier alpha value is -0.0400. The number of rotatable bonds is 31. The molecule has 1 nitrogen and oxygen atoms in total. The first-order valence-electron chi connectivity index (χ1n) is 17.5. The van der Waals surface area contributed by atoms with E-state index in [2.05, 4.69) is 20.8 Å². The maximum Gasteiger partial charge on any atom is 0.0154 e. The molecule has 0 aromatic heterocycles. The maximum absolute atomic E-state index is 7.10. The van der Waals surface area contributed by atoms with Crippen LogP contribution in [0.4, 0.5) is 0 Å². The highest BCUT2D eigenvalue weighted by Gasteiger charge is 2.23. The van der Waals surface area contributed by atoms with Crippen molar-refractivity contribution in [2.75, 3.05) is 0 Å². The number of unbranched alkanes of at least 4 members (excludes halogenated alkanes) is 25. The summed E-state index contributed by atoms with van der Waals surface area (Å²) < 4.78 is 0. The van der Waals surface area contributed by atoms with E-state index in [0.29, 0.717) is 0 Å². The van der Waals surface area contributed by atoms with Gasteiger partial charge in [-0.3, -0.25) is 0 Å². The third-order valence-electron chi connectivity index (χ3n) is 8.58. The van der Waals surface area contributed by atoms with Gasteiger partial charge in [0.2, 0.25) is 0 Å². The van der Waals surface area contributed by atoms with E-state index in [1.165, 1.54) is 199 Å². The molecule has 2 N–H and O–H groups in total. The molecule has 0 unspecified atom stereocenters. The summed E-state index contributed by atoms with van der Waals surface area (Å²) in [6, 6.07) is 0. The van der Waals surface area contributed by atoms with Crippen molar-refractivity contribution in [3.05, 3.63) is 0 Å². The first kappa shape index (κ1) is 36.0. The largest absolute Gasteiger partial charge is 0.325 e. The molecule has 0 aliphatic carbocycles. The number of hydrogen-bond acceptors (Lipinski definition) is 1. The minimum atomic E-state index is 0.127. The lowest BCUT2D eigenvalue weighted by Crippen LogP contribution is -2.39. The minimum absolute atomic E-state index is 0.127. The third kappa shape index (κ3) is 27.0. The van der Waals surface area contributed by atoms with Gasteiger partial charge in [0.25, 0.3) is 0 Å². The van der Waals surface area contributed by atoms with E-state index in [9.17, 15) is 0 Å². The van der Waals surface area contributed by atoms with Crippen LogP contribution in [0.5, 0.6) is 0 Å². The molecule has 218 valence electrons. The van der Waals surface area contributed by atoms with E-state index in [1.54, 1.807) is 0 Å². The molecule has 0 saturated carbocycles. The minimum Gasteiger partial charge on any atom is -0.325 e. The van der Waals surface area contributed by atoms with Crippen molar-refractivity contribution in [3.63, 3.8) is 0 Å². The van der Waals surface area contributed by atoms with Crippen LogP contribution in [0.2, 0.25) is 0 Å². The van der Waals surface area contributed by atoms with Crippen LogP contribution in [-0.2, 0) is 0 Å². The molecule has 0 aliphatic rings. The fraction of sp³-hybridized carbons (Fsp3) is 1.00. The quantitative estimate of drug-likeness (QED) is 0.0927. The zero-order chi connectivity index (χ0) is 26.4. The summed E-state index contributed by atoms with van der Waals surface area (Å²) in [4.78, 5) is 0. The topological polar surface area (TPSA) is 26.0 Å². The van der Waals surface area contributed by atoms with Crippen molar-refractivity contribution in [1.82, 2.24) is 0 Å². The van der Waals surface area contributed by atoms with Crippen molar-refractivity contribution < 1.29 is 0 Å². The summed E-state index contributed by atoms with van der Waals surface area (Å²) in [5, 5.41) is 0. The SMILES string of the molecule is CCCCCCCCCCCCC(N)(CCCCCCCCCCC)CCCCCCCCCCC. The van der Waals surface area contributed by atoms with Gasteiger partial charge in [-0.15, -0.1) is 0 Å². The van der Waals surface area contributed by atoms with Crippen LogP contribution in [0.1, 0.15) is 220 Å². The van der Waals surface area contributed by atoms with Gasteiger partial charge in [0.15, 0.2) is 0 Å². The Morgan fingerprint density at radius 2 is 0.444 bits per heavy atom. The molecule has 0 amide bonds. The van der Waals surface area contributed by atoms with Crippen LogP contribution in [0.3, 0.4) is 0 Å². The third-order valence-corrected chi connectivity index (χ3v) is 8.58. The lowest BCUT2D eigenvalue weighted by Gasteiger charge is -2.30. The van der Waals surface area contributed by atoms with Gasteiger partial charge in [-0.2, -0.15) is 0 Å². The fourth-order valence-corrected chi connectivity index (χ4v) is 5.91. The van der Waals surface area contributed by atoms with Gasteiger partial charge in [0.1, 0.15) is 0 Å². The molecule has 0 atom stereocenters. The van der Waals surface area contributed by atoms with Gasteiger partial charge < -0.3 is 5.73 Å². The molecule has 0 aromatic carbocycles. The molecule has 0 heterocycles. The molecular formula is C35H73N. The van der Waals surface area contributed by atoms with Crippen LogP contribution in [0.15, 0.2) is 0 Å². The van der Waals surface area contributed by atoms with Gasteiger partial charge >= 0.3 is 0 Å². The second-order valence-electron chi connectivity index (χ2n) is 12.5. The Morgan fingerprint density at radius 1 is 0.278 bits per heavy atom. The van der Waals surface area contributed by atoms with E-state index in [0.717, 1.165) is 0 Å². The zero-order valence-corrected chi connectivity index (χ0v) is 26.0. The Morgan fingerprint density at radius 3 is 0.639 bits per heavy atom. The van der Waals surface area contributed by atoms with Gasteiger partial charge in [-0.05, 0) is 19.3 Å². The molecule has 0 radical (unpaired) electrons. The lowest BCUT2D eigenvalue weighted by molar-refractivity contribution is 0.302. The molecule has 0 rings (SSSR count). The summed E-state index contributed by atoms with van der Waals surface area (Å²) in [6.45, 7) is 6.93. The van der Waals surface area contributed by atoms with Gasteiger partial charge in [0.05, 0.1) is 0 Å². The molecule has 0 aliphatic heterocycles. The summed E-state index contributed by atoms with van der Waals surface area (Å²) in [5.41, 5.74) is 7.23. The molecule has 0 bridgehead atoms. The predicted octanol–water partition coefficient (Wildman–Crippen LogP) is 12.8. The van der Waals surface area contributed by atoms with Gasteiger partial charge in [0, 0.05) is 5.54 Å². The van der Waals surface area contributed by atoms with Gasteiger partial charge in [-0.25, -0.2) is 0 Å². The average Bonchev–Trinajstić information content (AvgIpc) is 2.88. The Labute approximate surface area is 230 Å². The fourth-order valence-electron chi connectivity index (χ4n) is 5.91. The van der Waals surface area contributed by atoms with Crippen molar-refractivity contribution in [2.24, 2.45) is 5.73 Å². The Balaban J connectivity index is 4.05. The van der Waals surface area contributed by atoms with Crippen LogP contribution >= 0.6 is 0 Å². The van der Waals surface area contributed by atoms with E-state index in [4.69, 9.17) is 5.73 Å². The lowest BCUT2D eigenvalue weighted by atomic mass is 9.82. The average molecular weight is 508 g/mol. The smallest absolute Gasteiger partial charge is 0.0154 e. The van der Waals surface area contributed by atoms with Crippen LogP contribution in [0, 0.1) is 0 Å². The molecule has 0 saturated heterocycles. The summed E-state index contributed by atoms with van der Waals surface area (Å²) in [5.74, 6) is 0. The van der Waals surface area contributed by atoms with Crippen molar-refractivity contribution in [3.8, 4) is 0 Å². The summed E-state index contributed by atoms with van der Waals surface area (Å²) >= 11 is 0. The molecule has 0 aromatic rings. The van der Waals surface area contributed by atoms with Crippen LogP contribution in [-0.4, -0.2) is 5.54 Å². The summed E-state index contributed by atoms with van der Waals surface area (Å²) in [6.07, 6.45) is 43.6. The molecule has 0 spiro atoms. The first-order valence-corrected chi connectivity index (χ1v) is 17.5. The molecule has 1 heteroatoms. The Bertz CT molecular complexity index is 368. The number of nitrogens with two attached hydrogens (primary N) is 1. The zero-order valence-electron chi connectivity index (χ0n) is 26.0. The second-order valence-corrected chi connectivity index (χ2v) is 12.5. The highest BCUT2D eigenvalue weighted by Crippen LogP contribution is 2.27. The highest BCUT2D eigenvalue weighted by atomic mass is 14.7. The first-order chi connectivity index (χ1) is 17.7. The van der Waals surface area contributed by atoms with Crippen molar-refractivity contribution in [2.45, 2.75) is 225 Å². The van der Waals surface area contributed by atoms with E-state index >= 15 is 0 Å². The van der Waals surface area contributed by atoms with Crippen LogP contribution in [0.25, 0.3) is 0 Å². The normalized spacial score (nSPS) is 12.0. The van der Waals surface area contributed by atoms with Crippen molar-refractivity contribution >= 4 is 0 Å². The van der Waals surface area contributed by atoms with Gasteiger partial charge in [-0.1, -0.05) is 201 Å². The Kier molecular flexibility index (Phi) is 29.5. The second kappa shape index (κ2) is 29.5. The highest BCUT2D eigenvalue weighted by molar-refractivity contribution is 4.84. The predicted molar refractivity (Wildman–Crippen MR) is 167 cm³/mol. The summed E-state index contributed by atoms with van der Waals surface area (Å²) in [7, 11) is 0. The van der Waals surface area contributed by atoms with E-state index < -0.39 is 0 Å². The molecule has 0 fully saturated rings. The molecular weight excluding hydrogens is 434 g/mol. The van der Waals surface area contributed by atoms with E-state index in [-0.39, 0.29) is 5.54 Å².